The number of aromatic nitrogens is 2. The summed E-state index contributed by atoms with van der Waals surface area (Å²) in [7, 11) is 1.63. The zero-order valence-electron chi connectivity index (χ0n) is 13.6. The number of anilines is 1. The largest absolute Gasteiger partial charge is 0.496 e. The molecule has 1 aromatic heterocycles. The predicted octanol–water partition coefficient (Wildman–Crippen LogP) is 4.01. The fraction of sp³-hybridized carbons (Fsp3) is 0.158. The van der Waals surface area contributed by atoms with E-state index in [0.717, 1.165) is 22.6 Å². The van der Waals surface area contributed by atoms with E-state index in [4.69, 9.17) is 16.3 Å². The number of carbonyl (C=O) groups is 1. The van der Waals surface area contributed by atoms with Gasteiger partial charge < -0.3 is 10.1 Å². The molecule has 0 radical (unpaired) electrons. The Bertz CT molecular complexity index is 951. The molecule has 2 heterocycles. The topological polar surface area (TPSA) is 56.1 Å². The second-order valence-corrected chi connectivity index (χ2v) is 6.27. The Morgan fingerprint density at radius 3 is 2.72 bits per heavy atom. The van der Waals surface area contributed by atoms with Gasteiger partial charge in [-0.15, -0.1) is 0 Å². The number of carbonyl (C=O) groups excluding carboxylic acids is 1. The molecular weight excluding hydrogens is 338 g/mol. The van der Waals surface area contributed by atoms with Crippen LogP contribution < -0.4 is 10.1 Å². The van der Waals surface area contributed by atoms with Crippen LogP contribution in [0.3, 0.4) is 0 Å². The second kappa shape index (κ2) is 6.26. The molecule has 126 valence electrons. The number of benzene rings is 2. The number of halogens is 1. The van der Waals surface area contributed by atoms with Crippen molar-refractivity contribution in [2.24, 2.45) is 0 Å². The molecular formula is C19H16ClN3O2. The molecule has 0 saturated carbocycles. The average molecular weight is 354 g/mol. The van der Waals surface area contributed by atoms with Crippen molar-refractivity contribution in [2.45, 2.75) is 12.3 Å². The Morgan fingerprint density at radius 2 is 1.92 bits per heavy atom. The molecule has 0 aliphatic carbocycles. The number of nitrogens with one attached hydrogen (secondary N) is 1. The number of nitrogens with zero attached hydrogens (tertiary/aromatic N) is 2. The Balaban J connectivity index is 1.86. The van der Waals surface area contributed by atoms with Gasteiger partial charge in [0.25, 0.3) is 0 Å². The minimum atomic E-state index is -0.115. The number of rotatable bonds is 3. The standard InChI is InChI=1S/C19H16ClN3O2/c1-25-17-9-5-2-6-12(17)13-10-18(24)22-19-14(13)11-21-23(19)16-8-4-3-7-15(16)20/h2-9,11,13H,10H2,1H3,(H,22,24). The van der Waals surface area contributed by atoms with Gasteiger partial charge in [0.2, 0.25) is 5.91 Å². The lowest BCUT2D eigenvalue weighted by Gasteiger charge is -2.25. The van der Waals surface area contributed by atoms with Crippen molar-refractivity contribution in [1.29, 1.82) is 0 Å². The summed E-state index contributed by atoms with van der Waals surface area (Å²) in [6, 6.07) is 15.2. The highest BCUT2D eigenvalue weighted by Gasteiger charge is 2.32. The molecule has 1 amide bonds. The highest BCUT2D eigenvalue weighted by molar-refractivity contribution is 6.32. The number of fused-ring (bicyclic) bond motifs is 1. The molecule has 0 saturated heterocycles. The first kappa shape index (κ1) is 15.7. The molecule has 2 aromatic carbocycles. The molecule has 1 atom stereocenters. The first-order valence-corrected chi connectivity index (χ1v) is 8.32. The third-order valence-corrected chi connectivity index (χ3v) is 4.73. The Hall–Kier alpha value is -2.79. The van der Waals surface area contributed by atoms with E-state index in [0.29, 0.717) is 17.3 Å². The van der Waals surface area contributed by atoms with Crippen LogP contribution in [0.4, 0.5) is 5.82 Å². The summed E-state index contributed by atoms with van der Waals surface area (Å²) in [6.07, 6.45) is 2.14. The fourth-order valence-electron chi connectivity index (χ4n) is 3.26. The van der Waals surface area contributed by atoms with Crippen LogP contribution in [0.5, 0.6) is 5.75 Å². The Kier molecular flexibility index (Phi) is 3.93. The molecule has 3 aromatic rings. The molecule has 6 heteroatoms. The van der Waals surface area contributed by atoms with Crippen molar-refractivity contribution in [2.75, 3.05) is 12.4 Å². The molecule has 1 N–H and O–H groups in total. The SMILES string of the molecule is COc1ccccc1C1CC(=O)Nc2c1cnn2-c1ccccc1Cl. The van der Waals surface area contributed by atoms with E-state index in [-0.39, 0.29) is 11.8 Å². The van der Waals surface area contributed by atoms with E-state index in [1.165, 1.54) is 0 Å². The summed E-state index contributed by atoms with van der Waals surface area (Å²) in [5, 5.41) is 7.98. The molecule has 1 unspecified atom stereocenters. The summed E-state index contributed by atoms with van der Waals surface area (Å²) < 4.78 is 7.16. The van der Waals surface area contributed by atoms with Gasteiger partial charge in [0.1, 0.15) is 11.6 Å². The minimum absolute atomic E-state index is 0.0581. The first-order valence-electron chi connectivity index (χ1n) is 7.94. The molecule has 1 aliphatic heterocycles. The van der Waals surface area contributed by atoms with Gasteiger partial charge >= 0.3 is 0 Å². The van der Waals surface area contributed by atoms with Gasteiger partial charge in [-0.2, -0.15) is 5.10 Å². The van der Waals surface area contributed by atoms with E-state index in [2.05, 4.69) is 10.4 Å². The van der Waals surface area contributed by atoms with Crippen LogP contribution in [0, 0.1) is 0 Å². The van der Waals surface area contributed by atoms with Crippen molar-refractivity contribution >= 4 is 23.3 Å². The van der Waals surface area contributed by atoms with Crippen molar-refractivity contribution in [3.05, 3.63) is 70.9 Å². The number of hydrogen-bond donors (Lipinski definition) is 1. The van der Waals surface area contributed by atoms with Crippen molar-refractivity contribution in [3.8, 4) is 11.4 Å². The monoisotopic (exact) mass is 353 g/mol. The van der Waals surface area contributed by atoms with Crippen molar-refractivity contribution in [1.82, 2.24) is 9.78 Å². The zero-order chi connectivity index (χ0) is 17.4. The van der Waals surface area contributed by atoms with Crippen LogP contribution in [0.25, 0.3) is 5.69 Å². The van der Waals surface area contributed by atoms with Gasteiger partial charge in [-0.25, -0.2) is 4.68 Å². The molecule has 0 bridgehead atoms. The summed E-state index contributed by atoms with van der Waals surface area (Å²) >= 11 is 6.30. The first-order chi connectivity index (χ1) is 12.2. The van der Waals surface area contributed by atoms with E-state index in [1.54, 1.807) is 24.1 Å². The van der Waals surface area contributed by atoms with E-state index in [9.17, 15) is 4.79 Å². The second-order valence-electron chi connectivity index (χ2n) is 5.86. The Morgan fingerprint density at radius 1 is 1.16 bits per heavy atom. The number of para-hydroxylation sites is 2. The zero-order valence-corrected chi connectivity index (χ0v) is 14.3. The molecule has 0 spiro atoms. The maximum atomic E-state index is 12.3. The maximum absolute atomic E-state index is 12.3. The normalized spacial score (nSPS) is 16.2. The van der Waals surface area contributed by atoms with Gasteiger partial charge in [0.05, 0.1) is 24.0 Å². The number of hydrogen-bond acceptors (Lipinski definition) is 3. The van der Waals surface area contributed by atoms with E-state index in [1.807, 2.05) is 42.5 Å². The van der Waals surface area contributed by atoms with Gasteiger partial charge in [-0.1, -0.05) is 41.9 Å². The van der Waals surface area contributed by atoms with Crippen molar-refractivity contribution < 1.29 is 9.53 Å². The van der Waals surface area contributed by atoms with Gasteiger partial charge in [0, 0.05) is 23.5 Å². The van der Waals surface area contributed by atoms with Gasteiger partial charge in [-0.3, -0.25) is 4.79 Å². The van der Waals surface area contributed by atoms with E-state index < -0.39 is 0 Å². The summed E-state index contributed by atoms with van der Waals surface area (Å²) in [6.45, 7) is 0. The van der Waals surface area contributed by atoms with Crippen LogP contribution in [0.1, 0.15) is 23.5 Å². The molecule has 4 rings (SSSR count). The third kappa shape index (κ3) is 2.66. The summed E-state index contributed by atoms with van der Waals surface area (Å²) in [5.74, 6) is 1.24. The Labute approximate surface area is 150 Å². The lowest BCUT2D eigenvalue weighted by Crippen LogP contribution is -2.24. The number of amides is 1. The third-order valence-electron chi connectivity index (χ3n) is 4.42. The lowest BCUT2D eigenvalue weighted by molar-refractivity contribution is -0.116. The van der Waals surface area contributed by atoms with E-state index >= 15 is 0 Å². The number of methoxy groups -OCH3 is 1. The fourth-order valence-corrected chi connectivity index (χ4v) is 3.47. The van der Waals surface area contributed by atoms with Gasteiger partial charge in [-0.05, 0) is 18.2 Å². The van der Waals surface area contributed by atoms with Crippen LogP contribution in [0.15, 0.2) is 54.7 Å². The predicted molar refractivity (Wildman–Crippen MR) is 96.7 cm³/mol. The number of ether oxygens (including phenoxy) is 1. The van der Waals surface area contributed by atoms with Crippen LogP contribution in [0.2, 0.25) is 5.02 Å². The van der Waals surface area contributed by atoms with Gasteiger partial charge in [0.15, 0.2) is 0 Å². The summed E-state index contributed by atoms with van der Waals surface area (Å²) in [5.41, 5.74) is 2.65. The van der Waals surface area contributed by atoms with Crippen LogP contribution >= 0.6 is 11.6 Å². The molecule has 1 aliphatic rings. The van der Waals surface area contributed by atoms with Crippen LogP contribution in [-0.4, -0.2) is 22.8 Å². The minimum Gasteiger partial charge on any atom is -0.496 e. The molecule has 25 heavy (non-hydrogen) atoms. The quantitative estimate of drug-likeness (QED) is 0.774. The lowest BCUT2D eigenvalue weighted by atomic mass is 9.87. The van der Waals surface area contributed by atoms with Crippen LogP contribution in [-0.2, 0) is 4.79 Å². The highest BCUT2D eigenvalue weighted by Crippen LogP contribution is 2.41. The summed E-state index contributed by atoms with van der Waals surface area (Å²) in [4.78, 5) is 12.3. The molecule has 0 fully saturated rings. The maximum Gasteiger partial charge on any atom is 0.226 e. The van der Waals surface area contributed by atoms with Crippen molar-refractivity contribution in [3.63, 3.8) is 0 Å². The molecule has 5 nitrogen and oxygen atoms in total. The average Bonchev–Trinajstić information content (AvgIpc) is 3.05. The smallest absolute Gasteiger partial charge is 0.226 e. The highest BCUT2D eigenvalue weighted by atomic mass is 35.5.